The highest BCUT2D eigenvalue weighted by atomic mass is 32.2. The lowest BCUT2D eigenvalue weighted by Gasteiger charge is -2.32. The fourth-order valence-corrected chi connectivity index (χ4v) is 4.72. The predicted octanol–water partition coefficient (Wildman–Crippen LogP) is 2.96. The van der Waals surface area contributed by atoms with Crippen molar-refractivity contribution in [3.63, 3.8) is 0 Å². The van der Waals surface area contributed by atoms with Crippen molar-refractivity contribution in [3.8, 4) is 0 Å². The minimum absolute atomic E-state index is 0.0681. The molecule has 1 fully saturated rings. The maximum atomic E-state index is 12.2. The summed E-state index contributed by atoms with van der Waals surface area (Å²) < 4.78 is 1.68. The van der Waals surface area contributed by atoms with Crippen molar-refractivity contribution in [2.24, 2.45) is 7.05 Å². The lowest BCUT2D eigenvalue weighted by Crippen LogP contribution is -2.36. The Morgan fingerprint density at radius 3 is 3.10 bits per heavy atom. The molecule has 0 aliphatic carbocycles. The van der Waals surface area contributed by atoms with E-state index in [1.165, 1.54) is 32.2 Å². The maximum Gasteiger partial charge on any atom is 0.262 e. The quantitative estimate of drug-likeness (QED) is 0.640. The van der Waals surface area contributed by atoms with Gasteiger partial charge in [0, 0.05) is 18.8 Å². The van der Waals surface area contributed by atoms with Crippen molar-refractivity contribution >= 4 is 33.3 Å². The second-order valence-corrected chi connectivity index (χ2v) is 7.62. The molecule has 0 spiro atoms. The van der Waals surface area contributed by atoms with Crippen LogP contribution in [0.4, 0.5) is 0 Å². The van der Waals surface area contributed by atoms with Crippen LogP contribution in [0.15, 0.2) is 21.4 Å². The van der Waals surface area contributed by atoms with Crippen LogP contribution in [0.2, 0.25) is 0 Å². The van der Waals surface area contributed by atoms with Crippen molar-refractivity contribution in [3.05, 3.63) is 21.8 Å². The van der Waals surface area contributed by atoms with E-state index in [1.54, 1.807) is 27.7 Å². The molecule has 0 N–H and O–H groups in total. The molecule has 1 unspecified atom stereocenters. The van der Waals surface area contributed by atoms with Crippen molar-refractivity contribution in [2.45, 2.75) is 36.9 Å². The molecule has 4 nitrogen and oxygen atoms in total. The molecule has 2 aromatic rings. The molecule has 1 atom stereocenters. The highest BCUT2D eigenvalue weighted by Crippen LogP contribution is 2.24. The largest absolute Gasteiger partial charge is 0.303 e. The van der Waals surface area contributed by atoms with Gasteiger partial charge >= 0.3 is 0 Å². The summed E-state index contributed by atoms with van der Waals surface area (Å²) in [5.74, 6) is 1.02. The third-order valence-corrected chi connectivity index (χ3v) is 6.14. The summed E-state index contributed by atoms with van der Waals surface area (Å²) in [6.45, 7) is 1.22. The first-order valence-electron chi connectivity index (χ1n) is 7.44. The first kappa shape index (κ1) is 15.1. The number of hydrogen-bond donors (Lipinski definition) is 0. The van der Waals surface area contributed by atoms with E-state index in [2.05, 4.69) is 16.9 Å². The van der Waals surface area contributed by atoms with Gasteiger partial charge in [-0.25, -0.2) is 4.98 Å². The zero-order chi connectivity index (χ0) is 14.8. The van der Waals surface area contributed by atoms with E-state index in [0.717, 1.165) is 21.1 Å². The number of hydrogen-bond acceptors (Lipinski definition) is 5. The molecule has 21 heavy (non-hydrogen) atoms. The fourth-order valence-electron chi connectivity index (χ4n) is 2.90. The first-order chi connectivity index (χ1) is 10.2. The average molecular weight is 323 g/mol. The Morgan fingerprint density at radius 2 is 2.29 bits per heavy atom. The molecule has 3 rings (SSSR count). The van der Waals surface area contributed by atoms with Crippen LogP contribution in [0, 0.1) is 0 Å². The number of nitrogens with zero attached hydrogens (tertiary/aromatic N) is 3. The van der Waals surface area contributed by atoms with Crippen molar-refractivity contribution in [1.82, 2.24) is 14.5 Å². The zero-order valence-electron chi connectivity index (χ0n) is 12.5. The maximum absolute atomic E-state index is 12.2. The summed E-state index contributed by atoms with van der Waals surface area (Å²) in [5, 5.41) is 3.51. The molecule has 0 aromatic carbocycles. The van der Waals surface area contributed by atoms with Gasteiger partial charge in [0.05, 0.1) is 5.39 Å². The number of thiophene rings is 1. The third-order valence-electron chi connectivity index (χ3n) is 4.27. The fraction of sp³-hybridized carbons (Fsp3) is 0.600. The zero-order valence-corrected chi connectivity index (χ0v) is 14.2. The van der Waals surface area contributed by atoms with Gasteiger partial charge in [0.2, 0.25) is 0 Å². The minimum Gasteiger partial charge on any atom is -0.303 e. The summed E-state index contributed by atoms with van der Waals surface area (Å²) in [4.78, 5) is 20.2. The third kappa shape index (κ3) is 3.17. The molecule has 1 aliphatic rings. The second-order valence-electron chi connectivity index (χ2n) is 5.67. The van der Waals surface area contributed by atoms with E-state index in [4.69, 9.17) is 0 Å². The van der Waals surface area contributed by atoms with Crippen molar-refractivity contribution in [1.29, 1.82) is 0 Å². The number of thioether (sulfide) groups is 1. The number of aromatic nitrogens is 2. The molecule has 2 aromatic heterocycles. The molecular formula is C15H21N3OS2. The minimum atomic E-state index is 0.0681. The van der Waals surface area contributed by atoms with Gasteiger partial charge < -0.3 is 4.90 Å². The molecule has 0 amide bonds. The van der Waals surface area contributed by atoms with Crippen LogP contribution >= 0.6 is 23.1 Å². The van der Waals surface area contributed by atoms with E-state index in [9.17, 15) is 4.79 Å². The van der Waals surface area contributed by atoms with E-state index in [0.29, 0.717) is 6.04 Å². The highest BCUT2D eigenvalue weighted by Gasteiger charge is 2.18. The summed E-state index contributed by atoms with van der Waals surface area (Å²) in [7, 11) is 4.04. The first-order valence-corrected chi connectivity index (χ1v) is 9.30. The van der Waals surface area contributed by atoms with E-state index in [-0.39, 0.29) is 5.56 Å². The topological polar surface area (TPSA) is 38.1 Å². The Morgan fingerprint density at radius 1 is 1.43 bits per heavy atom. The smallest absolute Gasteiger partial charge is 0.262 e. The van der Waals surface area contributed by atoms with Gasteiger partial charge in [0.15, 0.2) is 5.16 Å². The van der Waals surface area contributed by atoms with Crippen LogP contribution in [0.5, 0.6) is 0 Å². The average Bonchev–Trinajstić information content (AvgIpc) is 2.94. The van der Waals surface area contributed by atoms with Crippen LogP contribution in [-0.2, 0) is 7.05 Å². The van der Waals surface area contributed by atoms with Crippen LogP contribution in [0.25, 0.3) is 10.2 Å². The van der Waals surface area contributed by atoms with Gasteiger partial charge in [-0.3, -0.25) is 9.36 Å². The number of piperidine rings is 1. The van der Waals surface area contributed by atoms with Crippen LogP contribution < -0.4 is 5.56 Å². The lowest BCUT2D eigenvalue weighted by molar-refractivity contribution is 0.182. The lowest BCUT2D eigenvalue weighted by atomic mass is 10.0. The molecule has 6 heteroatoms. The number of fused-ring (bicyclic) bond motifs is 1. The van der Waals surface area contributed by atoms with E-state index in [1.807, 2.05) is 18.5 Å². The molecule has 114 valence electrons. The van der Waals surface area contributed by atoms with E-state index < -0.39 is 0 Å². The number of rotatable bonds is 4. The monoisotopic (exact) mass is 323 g/mol. The Bertz CT molecular complexity index is 679. The summed E-state index contributed by atoms with van der Waals surface area (Å²) in [6.07, 6.45) is 5.13. The predicted molar refractivity (Wildman–Crippen MR) is 90.5 cm³/mol. The molecular weight excluding hydrogens is 302 g/mol. The Balaban J connectivity index is 1.67. The van der Waals surface area contributed by atoms with Crippen LogP contribution in [0.1, 0.15) is 25.7 Å². The van der Waals surface area contributed by atoms with Gasteiger partial charge in [-0.1, -0.05) is 18.2 Å². The normalized spacial score (nSPS) is 20.2. The van der Waals surface area contributed by atoms with Crippen molar-refractivity contribution < 1.29 is 0 Å². The second kappa shape index (κ2) is 6.50. The summed E-state index contributed by atoms with van der Waals surface area (Å²) in [5.41, 5.74) is 0.0681. The van der Waals surface area contributed by atoms with Crippen molar-refractivity contribution in [2.75, 3.05) is 19.3 Å². The Labute approximate surface area is 133 Å². The van der Waals surface area contributed by atoms with Gasteiger partial charge in [0.25, 0.3) is 5.56 Å². The molecule has 0 radical (unpaired) electrons. The Hall–Kier alpha value is -0.850. The summed E-state index contributed by atoms with van der Waals surface area (Å²) >= 11 is 3.25. The molecule has 0 saturated carbocycles. The molecule has 3 heterocycles. The summed E-state index contributed by atoms with van der Waals surface area (Å²) in [6, 6.07) is 2.55. The molecule has 1 saturated heterocycles. The van der Waals surface area contributed by atoms with Gasteiger partial charge in [-0.05, 0) is 44.3 Å². The van der Waals surface area contributed by atoms with Crippen LogP contribution in [0.3, 0.4) is 0 Å². The van der Waals surface area contributed by atoms with E-state index >= 15 is 0 Å². The SMILES string of the molecule is CN1CCCCC1CCSc1nc2sccc2c(=O)n1C. The molecule has 0 bridgehead atoms. The molecule has 1 aliphatic heterocycles. The van der Waals surface area contributed by atoms with Gasteiger partial charge in [-0.2, -0.15) is 0 Å². The van der Waals surface area contributed by atoms with Gasteiger partial charge in [0.1, 0.15) is 4.83 Å². The number of likely N-dealkylation sites (tertiary alicyclic amines) is 1. The Kier molecular flexibility index (Phi) is 4.66. The highest BCUT2D eigenvalue weighted by molar-refractivity contribution is 7.99. The van der Waals surface area contributed by atoms with Gasteiger partial charge in [-0.15, -0.1) is 11.3 Å². The van der Waals surface area contributed by atoms with Crippen LogP contribution in [-0.4, -0.2) is 39.8 Å². The standard InChI is InChI=1S/C15H21N3OS2/c1-17-8-4-3-5-11(17)6-9-21-15-16-13-12(7-10-20-13)14(19)18(15)2/h7,10-11H,3-6,8-9H2,1-2H3.